The number of halogens is 1. The van der Waals surface area contributed by atoms with Crippen LogP contribution < -0.4 is 20.1 Å². The van der Waals surface area contributed by atoms with Crippen LogP contribution in [0.5, 0.6) is 11.5 Å². The zero-order chi connectivity index (χ0) is 25.1. The van der Waals surface area contributed by atoms with Crippen molar-refractivity contribution in [3.05, 3.63) is 70.5 Å². The standard InChI is InChI=1S/C25H23FN4O5S/c26-17-4-2-16(3-5-17)24(33)30(19-6-7-19)12-23(32)29-25-28-18(13-36-25)10-22(31)27-11-15-1-8-20-21(9-15)35-14-34-20/h1-5,8-9,13,19H,6-7,10-12,14H2,(H,27,31)(H,28,29,32). The van der Waals surface area contributed by atoms with Gasteiger partial charge in [0.1, 0.15) is 12.4 Å². The molecule has 0 atom stereocenters. The number of ether oxygens (including phenoxy) is 2. The average molecular weight is 511 g/mol. The minimum atomic E-state index is -0.427. The number of carbonyl (C=O) groups excluding carboxylic acids is 3. The third-order valence-electron chi connectivity index (χ3n) is 5.72. The number of fused-ring (bicyclic) bond motifs is 1. The number of hydrogen-bond acceptors (Lipinski definition) is 7. The van der Waals surface area contributed by atoms with Gasteiger partial charge in [-0.2, -0.15) is 0 Å². The number of nitrogens with one attached hydrogen (secondary N) is 2. The summed E-state index contributed by atoms with van der Waals surface area (Å²) in [5.74, 6) is 0.00433. The quantitative estimate of drug-likeness (QED) is 0.458. The van der Waals surface area contributed by atoms with E-state index in [0.29, 0.717) is 34.4 Å². The summed E-state index contributed by atoms with van der Waals surface area (Å²) in [4.78, 5) is 43.6. The monoisotopic (exact) mass is 510 g/mol. The van der Waals surface area contributed by atoms with Crippen LogP contribution in [0.25, 0.3) is 0 Å². The Morgan fingerprint density at radius 1 is 1.06 bits per heavy atom. The Hall–Kier alpha value is -3.99. The van der Waals surface area contributed by atoms with Crippen molar-refractivity contribution in [3.63, 3.8) is 0 Å². The summed E-state index contributed by atoms with van der Waals surface area (Å²) < 4.78 is 23.8. The first-order chi connectivity index (χ1) is 17.4. The van der Waals surface area contributed by atoms with Crippen LogP contribution in [-0.4, -0.2) is 47.0 Å². The van der Waals surface area contributed by atoms with Gasteiger partial charge in [-0.25, -0.2) is 9.37 Å². The first-order valence-corrected chi connectivity index (χ1v) is 12.3. The SMILES string of the molecule is O=C(Cc1csc(NC(=O)CN(C(=O)c2ccc(F)cc2)C2CC2)n1)NCc1ccc2c(c1)OCO2. The Balaban J connectivity index is 1.11. The highest BCUT2D eigenvalue weighted by Crippen LogP contribution is 2.32. The lowest BCUT2D eigenvalue weighted by molar-refractivity contribution is -0.120. The molecule has 0 bridgehead atoms. The van der Waals surface area contributed by atoms with Crippen molar-refractivity contribution in [2.45, 2.75) is 31.8 Å². The number of benzene rings is 2. The summed E-state index contributed by atoms with van der Waals surface area (Å²) in [5.41, 5.74) is 1.74. The second-order valence-electron chi connectivity index (χ2n) is 8.50. The summed E-state index contributed by atoms with van der Waals surface area (Å²) >= 11 is 1.21. The van der Waals surface area contributed by atoms with Gasteiger partial charge in [-0.1, -0.05) is 6.07 Å². The van der Waals surface area contributed by atoms with Crippen LogP contribution in [0.3, 0.4) is 0 Å². The van der Waals surface area contributed by atoms with Gasteiger partial charge >= 0.3 is 0 Å². The second-order valence-corrected chi connectivity index (χ2v) is 9.36. The van der Waals surface area contributed by atoms with E-state index < -0.39 is 5.82 Å². The first kappa shape index (κ1) is 23.7. The zero-order valence-electron chi connectivity index (χ0n) is 19.2. The lowest BCUT2D eigenvalue weighted by Crippen LogP contribution is -2.39. The maximum Gasteiger partial charge on any atom is 0.254 e. The Bertz CT molecular complexity index is 1290. The third-order valence-corrected chi connectivity index (χ3v) is 6.53. The van der Waals surface area contributed by atoms with Gasteiger partial charge in [0.25, 0.3) is 5.91 Å². The Labute approximate surface area is 210 Å². The van der Waals surface area contributed by atoms with Crippen molar-refractivity contribution >= 4 is 34.2 Å². The highest BCUT2D eigenvalue weighted by atomic mass is 32.1. The van der Waals surface area contributed by atoms with Gasteiger partial charge < -0.3 is 25.0 Å². The number of amides is 3. The van der Waals surface area contributed by atoms with Gasteiger partial charge in [0.2, 0.25) is 18.6 Å². The average Bonchev–Trinajstić information content (AvgIpc) is 3.44. The summed E-state index contributed by atoms with van der Waals surface area (Å²) in [6.45, 7) is 0.394. The molecule has 1 saturated carbocycles. The van der Waals surface area contributed by atoms with Crippen molar-refractivity contribution in [1.29, 1.82) is 0 Å². The van der Waals surface area contributed by atoms with Gasteiger partial charge in [-0.3, -0.25) is 14.4 Å². The first-order valence-electron chi connectivity index (χ1n) is 11.4. The highest BCUT2D eigenvalue weighted by Gasteiger charge is 2.34. The van der Waals surface area contributed by atoms with E-state index in [0.717, 1.165) is 18.4 Å². The molecular formula is C25H23FN4O5S. The number of carbonyl (C=O) groups is 3. The highest BCUT2D eigenvalue weighted by molar-refractivity contribution is 7.13. The molecule has 0 spiro atoms. The summed E-state index contributed by atoms with van der Waals surface area (Å²) in [6, 6.07) is 10.7. The normalized spacial score (nSPS) is 13.8. The molecule has 3 aromatic rings. The van der Waals surface area contributed by atoms with Gasteiger partial charge in [0.15, 0.2) is 16.6 Å². The van der Waals surface area contributed by atoms with E-state index in [2.05, 4.69) is 15.6 Å². The minimum absolute atomic E-state index is 0.00591. The van der Waals surface area contributed by atoms with E-state index in [1.807, 2.05) is 12.1 Å². The lowest BCUT2D eigenvalue weighted by atomic mass is 10.2. The van der Waals surface area contributed by atoms with E-state index in [-0.39, 0.29) is 43.5 Å². The Morgan fingerprint density at radius 2 is 1.83 bits per heavy atom. The zero-order valence-corrected chi connectivity index (χ0v) is 20.0. The summed E-state index contributed by atoms with van der Waals surface area (Å²) in [5, 5.41) is 7.60. The maximum atomic E-state index is 13.2. The van der Waals surface area contributed by atoms with E-state index in [4.69, 9.17) is 9.47 Å². The fourth-order valence-electron chi connectivity index (χ4n) is 3.75. The second kappa shape index (κ2) is 10.3. The Morgan fingerprint density at radius 3 is 2.61 bits per heavy atom. The number of hydrogen-bond donors (Lipinski definition) is 2. The van der Waals surface area contributed by atoms with Crippen LogP contribution in [0, 0.1) is 5.82 Å². The number of aromatic nitrogens is 1. The molecule has 2 N–H and O–H groups in total. The third kappa shape index (κ3) is 5.80. The van der Waals surface area contributed by atoms with E-state index in [1.54, 1.807) is 11.4 Å². The topological polar surface area (TPSA) is 110 Å². The van der Waals surface area contributed by atoms with Crippen LogP contribution in [-0.2, 0) is 22.6 Å². The van der Waals surface area contributed by atoms with Crippen LogP contribution >= 0.6 is 11.3 Å². The molecule has 1 aromatic heterocycles. The molecule has 2 aromatic carbocycles. The molecule has 2 aliphatic rings. The summed E-state index contributed by atoms with van der Waals surface area (Å²) in [7, 11) is 0. The molecule has 1 fully saturated rings. The van der Waals surface area contributed by atoms with Crippen molar-refractivity contribution in [2.75, 3.05) is 18.7 Å². The number of anilines is 1. The van der Waals surface area contributed by atoms with Crippen LogP contribution in [0.2, 0.25) is 0 Å². The molecule has 5 rings (SSSR count). The van der Waals surface area contributed by atoms with Crippen molar-refractivity contribution in [1.82, 2.24) is 15.2 Å². The van der Waals surface area contributed by atoms with Crippen molar-refractivity contribution < 1.29 is 28.2 Å². The van der Waals surface area contributed by atoms with Gasteiger partial charge in [-0.05, 0) is 54.8 Å². The van der Waals surface area contributed by atoms with Crippen LogP contribution in [0.15, 0.2) is 47.8 Å². The molecule has 0 unspecified atom stereocenters. The fraction of sp³-hybridized carbons (Fsp3) is 0.280. The summed E-state index contributed by atoms with van der Waals surface area (Å²) in [6.07, 6.45) is 1.71. The molecule has 2 heterocycles. The maximum absolute atomic E-state index is 13.2. The van der Waals surface area contributed by atoms with Crippen molar-refractivity contribution in [2.24, 2.45) is 0 Å². The molecule has 11 heteroatoms. The van der Waals surface area contributed by atoms with Crippen LogP contribution in [0.1, 0.15) is 34.5 Å². The molecule has 186 valence electrons. The predicted octanol–water partition coefficient (Wildman–Crippen LogP) is 3.11. The number of nitrogens with zero attached hydrogens (tertiary/aromatic N) is 2. The molecule has 0 radical (unpaired) electrons. The molecule has 0 saturated heterocycles. The lowest BCUT2D eigenvalue weighted by Gasteiger charge is -2.21. The number of thiazole rings is 1. The Kier molecular flexibility index (Phi) is 6.81. The van der Waals surface area contributed by atoms with Crippen LogP contribution in [0.4, 0.5) is 9.52 Å². The van der Waals surface area contributed by atoms with E-state index in [9.17, 15) is 18.8 Å². The molecule has 36 heavy (non-hydrogen) atoms. The smallest absolute Gasteiger partial charge is 0.254 e. The fourth-order valence-corrected chi connectivity index (χ4v) is 4.48. The minimum Gasteiger partial charge on any atom is -0.454 e. The molecule has 1 aliphatic heterocycles. The molecule has 1 aliphatic carbocycles. The van der Waals surface area contributed by atoms with E-state index >= 15 is 0 Å². The van der Waals surface area contributed by atoms with Gasteiger partial charge in [-0.15, -0.1) is 11.3 Å². The van der Waals surface area contributed by atoms with E-state index in [1.165, 1.54) is 40.5 Å². The molecular weight excluding hydrogens is 487 g/mol. The predicted molar refractivity (Wildman–Crippen MR) is 129 cm³/mol. The largest absolute Gasteiger partial charge is 0.454 e. The molecule has 3 amide bonds. The van der Waals surface area contributed by atoms with Crippen molar-refractivity contribution in [3.8, 4) is 11.5 Å². The van der Waals surface area contributed by atoms with Gasteiger partial charge in [0.05, 0.1) is 12.1 Å². The number of rotatable bonds is 9. The molecule has 9 nitrogen and oxygen atoms in total. The van der Waals surface area contributed by atoms with Gasteiger partial charge in [0, 0.05) is 23.5 Å².